The van der Waals surface area contributed by atoms with E-state index in [4.69, 9.17) is 0 Å². The first-order chi connectivity index (χ1) is 9.15. The first-order valence-corrected chi connectivity index (χ1v) is 7.40. The van der Waals surface area contributed by atoms with Crippen molar-refractivity contribution in [1.29, 1.82) is 0 Å². The summed E-state index contributed by atoms with van der Waals surface area (Å²) in [7, 11) is 0. The molecule has 1 aliphatic heterocycles. The molecule has 0 aliphatic carbocycles. The third-order valence-corrected chi connectivity index (χ3v) is 4.36. The standard InChI is InChI=1S/C16H25FN2/c1-4-15-11-19(16(5-2)10-18-15)12(3)13-6-8-14(17)9-7-13/h6-9,12,15-16,18H,4-5,10-11H2,1-3H3. The maximum absolute atomic E-state index is 13.0. The molecule has 1 aromatic rings. The minimum absolute atomic E-state index is 0.158. The Morgan fingerprint density at radius 2 is 1.95 bits per heavy atom. The Balaban J connectivity index is 2.14. The van der Waals surface area contributed by atoms with Gasteiger partial charge >= 0.3 is 0 Å². The molecule has 19 heavy (non-hydrogen) atoms. The number of hydrogen-bond acceptors (Lipinski definition) is 2. The molecule has 3 unspecified atom stereocenters. The second-order valence-corrected chi connectivity index (χ2v) is 5.50. The van der Waals surface area contributed by atoms with Gasteiger partial charge in [0, 0.05) is 31.2 Å². The molecule has 2 nitrogen and oxygen atoms in total. The zero-order valence-electron chi connectivity index (χ0n) is 12.2. The van der Waals surface area contributed by atoms with Crippen molar-refractivity contribution in [1.82, 2.24) is 10.2 Å². The molecule has 1 aliphatic rings. The van der Waals surface area contributed by atoms with Crippen LogP contribution in [0.1, 0.15) is 45.2 Å². The van der Waals surface area contributed by atoms with Crippen LogP contribution in [0.25, 0.3) is 0 Å². The highest BCUT2D eigenvalue weighted by molar-refractivity contribution is 5.20. The summed E-state index contributed by atoms with van der Waals surface area (Å²) in [5.41, 5.74) is 1.21. The third-order valence-electron chi connectivity index (χ3n) is 4.36. The second-order valence-electron chi connectivity index (χ2n) is 5.50. The summed E-state index contributed by atoms with van der Waals surface area (Å²) < 4.78 is 13.0. The number of rotatable bonds is 4. The fraction of sp³-hybridized carbons (Fsp3) is 0.625. The largest absolute Gasteiger partial charge is 0.311 e. The molecule has 0 saturated carbocycles. The SMILES string of the molecule is CCC1CN(C(C)c2ccc(F)cc2)C(CC)CN1. The quantitative estimate of drug-likeness (QED) is 0.897. The maximum Gasteiger partial charge on any atom is 0.123 e. The molecule has 106 valence electrons. The fourth-order valence-electron chi connectivity index (χ4n) is 2.95. The van der Waals surface area contributed by atoms with Crippen LogP contribution in [0.4, 0.5) is 4.39 Å². The van der Waals surface area contributed by atoms with Crippen LogP contribution in [-0.4, -0.2) is 30.1 Å². The van der Waals surface area contributed by atoms with Crippen LogP contribution in [0.3, 0.4) is 0 Å². The van der Waals surface area contributed by atoms with Crippen molar-refractivity contribution in [2.45, 2.75) is 51.7 Å². The van der Waals surface area contributed by atoms with Gasteiger partial charge in [-0.1, -0.05) is 26.0 Å². The van der Waals surface area contributed by atoms with E-state index < -0.39 is 0 Å². The van der Waals surface area contributed by atoms with E-state index in [9.17, 15) is 4.39 Å². The Bertz CT molecular complexity index is 390. The average molecular weight is 264 g/mol. The molecule has 0 aromatic heterocycles. The van der Waals surface area contributed by atoms with Crippen molar-refractivity contribution in [3.8, 4) is 0 Å². The predicted molar refractivity (Wildman–Crippen MR) is 77.7 cm³/mol. The highest BCUT2D eigenvalue weighted by Gasteiger charge is 2.29. The van der Waals surface area contributed by atoms with Gasteiger partial charge in [0.25, 0.3) is 0 Å². The number of benzene rings is 1. The summed E-state index contributed by atoms with van der Waals surface area (Å²) >= 11 is 0. The number of nitrogens with zero attached hydrogens (tertiary/aromatic N) is 1. The number of nitrogens with one attached hydrogen (secondary N) is 1. The monoisotopic (exact) mass is 264 g/mol. The molecule has 0 bridgehead atoms. The van der Waals surface area contributed by atoms with Gasteiger partial charge in [0.1, 0.15) is 5.82 Å². The third kappa shape index (κ3) is 3.34. The maximum atomic E-state index is 13.0. The molecule has 0 amide bonds. The predicted octanol–water partition coefficient (Wildman–Crippen LogP) is 3.35. The molecule has 1 aromatic carbocycles. The van der Waals surface area contributed by atoms with Gasteiger partial charge in [-0.05, 0) is 37.5 Å². The van der Waals surface area contributed by atoms with E-state index in [0.717, 1.165) is 25.9 Å². The molecule has 0 radical (unpaired) electrons. The van der Waals surface area contributed by atoms with Gasteiger partial charge in [0.2, 0.25) is 0 Å². The second kappa shape index (κ2) is 6.49. The smallest absolute Gasteiger partial charge is 0.123 e. The summed E-state index contributed by atoms with van der Waals surface area (Å²) in [6.45, 7) is 8.83. The molecular weight excluding hydrogens is 239 g/mol. The highest BCUT2D eigenvalue weighted by Crippen LogP contribution is 2.26. The summed E-state index contributed by atoms with van der Waals surface area (Å²) in [4.78, 5) is 2.57. The van der Waals surface area contributed by atoms with Crippen LogP contribution >= 0.6 is 0 Å². The Labute approximate surface area is 116 Å². The molecule has 2 rings (SSSR count). The van der Waals surface area contributed by atoms with Gasteiger partial charge in [0.05, 0.1) is 0 Å². The number of piperazine rings is 1. The topological polar surface area (TPSA) is 15.3 Å². The van der Waals surface area contributed by atoms with Gasteiger partial charge in [-0.3, -0.25) is 4.90 Å². The van der Waals surface area contributed by atoms with E-state index in [1.54, 1.807) is 12.1 Å². The molecule has 1 saturated heterocycles. The van der Waals surface area contributed by atoms with Crippen molar-refractivity contribution < 1.29 is 4.39 Å². The zero-order chi connectivity index (χ0) is 13.8. The molecule has 3 heteroatoms. The number of hydrogen-bond donors (Lipinski definition) is 1. The summed E-state index contributed by atoms with van der Waals surface area (Å²) in [6, 6.07) is 8.44. The lowest BCUT2D eigenvalue weighted by Gasteiger charge is -2.43. The van der Waals surface area contributed by atoms with E-state index in [1.165, 1.54) is 5.56 Å². The van der Waals surface area contributed by atoms with Gasteiger partial charge in [0.15, 0.2) is 0 Å². The fourth-order valence-corrected chi connectivity index (χ4v) is 2.95. The van der Waals surface area contributed by atoms with Crippen LogP contribution in [0.2, 0.25) is 0 Å². The van der Waals surface area contributed by atoms with Crippen LogP contribution in [-0.2, 0) is 0 Å². The molecule has 0 spiro atoms. The number of halogens is 1. The summed E-state index contributed by atoms with van der Waals surface area (Å²) in [5, 5.41) is 3.61. The lowest BCUT2D eigenvalue weighted by atomic mass is 9.99. The first kappa shape index (κ1) is 14.5. The minimum atomic E-state index is -0.158. The van der Waals surface area contributed by atoms with Crippen LogP contribution in [0, 0.1) is 5.82 Å². The van der Waals surface area contributed by atoms with Crippen LogP contribution < -0.4 is 5.32 Å². The van der Waals surface area contributed by atoms with Crippen molar-refractivity contribution >= 4 is 0 Å². The van der Waals surface area contributed by atoms with Crippen molar-refractivity contribution in [2.24, 2.45) is 0 Å². The molecular formula is C16H25FN2. The summed E-state index contributed by atoms with van der Waals surface area (Å²) in [6.07, 6.45) is 2.30. The Hall–Kier alpha value is -0.930. The minimum Gasteiger partial charge on any atom is -0.311 e. The van der Waals surface area contributed by atoms with E-state index in [0.29, 0.717) is 18.1 Å². The zero-order valence-corrected chi connectivity index (χ0v) is 12.2. The van der Waals surface area contributed by atoms with Crippen molar-refractivity contribution in [3.63, 3.8) is 0 Å². The molecule has 1 fully saturated rings. The van der Waals surface area contributed by atoms with Crippen molar-refractivity contribution in [2.75, 3.05) is 13.1 Å². The van der Waals surface area contributed by atoms with Crippen LogP contribution in [0.15, 0.2) is 24.3 Å². The first-order valence-electron chi connectivity index (χ1n) is 7.40. The lowest BCUT2D eigenvalue weighted by Crippen LogP contribution is -2.56. The Kier molecular flexibility index (Phi) is 4.94. The normalized spacial score (nSPS) is 26.3. The highest BCUT2D eigenvalue weighted by atomic mass is 19.1. The van der Waals surface area contributed by atoms with E-state index in [2.05, 4.69) is 31.0 Å². The van der Waals surface area contributed by atoms with Gasteiger partial charge in [-0.2, -0.15) is 0 Å². The van der Waals surface area contributed by atoms with E-state index in [-0.39, 0.29) is 5.82 Å². The van der Waals surface area contributed by atoms with Gasteiger partial charge < -0.3 is 5.32 Å². The van der Waals surface area contributed by atoms with Crippen molar-refractivity contribution in [3.05, 3.63) is 35.6 Å². The van der Waals surface area contributed by atoms with Gasteiger partial charge in [-0.15, -0.1) is 0 Å². The van der Waals surface area contributed by atoms with Crippen LogP contribution in [0.5, 0.6) is 0 Å². The Morgan fingerprint density at radius 3 is 2.53 bits per heavy atom. The lowest BCUT2D eigenvalue weighted by molar-refractivity contribution is 0.0850. The Morgan fingerprint density at radius 1 is 1.26 bits per heavy atom. The van der Waals surface area contributed by atoms with E-state index >= 15 is 0 Å². The molecule has 1 N–H and O–H groups in total. The summed E-state index contributed by atoms with van der Waals surface area (Å²) in [5.74, 6) is -0.158. The van der Waals surface area contributed by atoms with E-state index in [1.807, 2.05) is 12.1 Å². The molecule has 3 atom stereocenters. The molecule has 1 heterocycles. The average Bonchev–Trinajstić information content (AvgIpc) is 2.46. The van der Waals surface area contributed by atoms with Gasteiger partial charge in [-0.25, -0.2) is 4.39 Å².